The quantitative estimate of drug-likeness (QED) is 0.229. The molecular weight excluding hydrogens is 1610 g/mol. The highest BCUT2D eigenvalue weighted by Gasteiger charge is 2.58. The first kappa shape index (κ1) is 110. The maximum absolute atomic E-state index is 12.1. The molecular formula is C126H204O6. The van der Waals surface area contributed by atoms with Crippen LogP contribution in [-0.2, 0) is 14.4 Å². The molecule has 3 N–H and O–H groups in total. The van der Waals surface area contributed by atoms with E-state index in [1.807, 2.05) is 0 Å². The monoisotopic (exact) mass is 1810 g/mol. The molecule has 6 heteroatoms. The number of carbonyl (C=O) groups excluding carboxylic acids is 3. The number of carbonyl (C=O) groups is 3. The molecule has 744 valence electrons. The number of aliphatic hydroxyl groups excluding tert-OH is 3. The number of aliphatic hydroxyl groups is 3. The zero-order valence-corrected chi connectivity index (χ0v) is 93.5. The summed E-state index contributed by atoms with van der Waals surface area (Å²) < 4.78 is 0. The first-order valence-electron chi connectivity index (χ1n) is 54.9. The number of rotatable bonds is 6. The lowest BCUT2D eigenvalue weighted by Crippen LogP contribution is -2.30. The number of Topliss-reactive ketones (excluding diaryl/α,β-unsaturated/α-hetero) is 3. The Hall–Kier alpha value is -4.23. The third-order valence-electron chi connectivity index (χ3n) is 41.6. The number of hydrogen-bond donors (Lipinski definition) is 3. The largest absolute Gasteiger partial charge is 0.389 e. The van der Waals surface area contributed by atoms with E-state index in [-0.39, 0.29) is 67.0 Å². The van der Waals surface area contributed by atoms with Crippen molar-refractivity contribution in [3.05, 3.63) is 137 Å². The minimum absolute atomic E-state index is 0.0797. The van der Waals surface area contributed by atoms with Gasteiger partial charge in [0.1, 0.15) is 0 Å². The third kappa shape index (κ3) is 20.3. The second-order valence-corrected chi connectivity index (χ2v) is 55.1. The van der Waals surface area contributed by atoms with Crippen molar-refractivity contribution in [3.63, 3.8) is 0 Å². The molecule has 0 aromatic rings. The van der Waals surface area contributed by atoms with Gasteiger partial charge in [-0.1, -0.05) is 357 Å². The number of ketones is 3. The van der Waals surface area contributed by atoms with Crippen LogP contribution in [0.25, 0.3) is 0 Å². The fourth-order valence-corrected chi connectivity index (χ4v) is 33.0. The van der Waals surface area contributed by atoms with Crippen molar-refractivity contribution in [3.8, 4) is 0 Å². The molecule has 12 unspecified atom stereocenters. The van der Waals surface area contributed by atoms with Gasteiger partial charge in [-0.2, -0.15) is 0 Å². The van der Waals surface area contributed by atoms with Gasteiger partial charge in [0.15, 0.2) is 17.3 Å². The summed E-state index contributed by atoms with van der Waals surface area (Å²) in [4.78, 5) is 36.2. The average Bonchev–Trinajstić information content (AvgIpc) is 1.54. The molecule has 12 atom stereocenters. The Kier molecular flexibility index (Phi) is 32.4. The van der Waals surface area contributed by atoms with Crippen LogP contribution < -0.4 is 0 Å². The van der Waals surface area contributed by atoms with Gasteiger partial charge in [0.2, 0.25) is 0 Å². The summed E-state index contributed by atoms with van der Waals surface area (Å²) in [6, 6.07) is 0. The molecule has 18 aliphatic rings. The van der Waals surface area contributed by atoms with Crippen LogP contribution in [0.3, 0.4) is 0 Å². The molecule has 0 aliphatic heterocycles. The summed E-state index contributed by atoms with van der Waals surface area (Å²) in [5.74, 6) is 3.23. The minimum Gasteiger partial charge on any atom is -0.389 e. The summed E-state index contributed by atoms with van der Waals surface area (Å²) in [6.45, 7) is 91.0. The SMILES string of the molecule is CC1C(C)(C)C2=C(C(=O)CCC2)C1(C)C.CC1C(C)(C)C2=C(C(O)CCC2)C1(C)C.CC1C(C)(C)C2=C(CCC=C2)C1(C)C.CCC1(C)CC(C)(C)C2=C1C(=O)CCC2.CCC1(C)CC(C)(C)C2=C1C(O)CCC2.CCC1(C)CC(C)(C)C2=C1C=CCC2.CCC1(C)CC(C)(C)C2=C1CCC=C2.CCC1(C)CC(C)(C)C2=C1CCCC2=O.CCC1(C)CC(C)(C)C2=C1CCCC2O. The minimum atomic E-state index is -0.173. The highest BCUT2D eigenvalue weighted by molar-refractivity contribution is 6.00. The zero-order valence-electron chi connectivity index (χ0n) is 93.5. The maximum atomic E-state index is 12.1. The Morgan fingerprint density at radius 1 is 0.242 bits per heavy atom. The fraction of sp³-hybridized carbons (Fsp3) is 0.786. The Bertz CT molecular complexity index is 4630. The molecule has 18 rings (SSSR count). The van der Waals surface area contributed by atoms with E-state index in [2.05, 4.69) is 306 Å². The molecule has 0 fully saturated rings. The molecule has 0 heterocycles. The molecule has 0 amide bonds. The fourth-order valence-electron chi connectivity index (χ4n) is 33.0. The Balaban J connectivity index is 0.000000154. The van der Waals surface area contributed by atoms with E-state index in [0.717, 1.165) is 115 Å². The molecule has 0 saturated carbocycles. The van der Waals surface area contributed by atoms with Crippen molar-refractivity contribution in [1.29, 1.82) is 0 Å². The van der Waals surface area contributed by atoms with E-state index in [1.165, 1.54) is 172 Å². The van der Waals surface area contributed by atoms with Gasteiger partial charge in [0, 0.05) is 36.0 Å². The highest BCUT2D eigenvalue weighted by atomic mass is 16.3. The molecule has 0 spiro atoms. The first-order valence-corrected chi connectivity index (χ1v) is 54.9. The van der Waals surface area contributed by atoms with E-state index in [0.29, 0.717) is 77.9 Å². The summed E-state index contributed by atoms with van der Waals surface area (Å²) in [5.41, 5.74) is 32.4. The molecule has 0 aromatic heterocycles. The second kappa shape index (κ2) is 39.0. The summed E-state index contributed by atoms with van der Waals surface area (Å²) in [5, 5.41) is 30.6. The van der Waals surface area contributed by atoms with Crippen LogP contribution in [0.15, 0.2) is 137 Å². The van der Waals surface area contributed by atoms with Gasteiger partial charge >= 0.3 is 0 Å². The van der Waals surface area contributed by atoms with Crippen LogP contribution in [0.2, 0.25) is 0 Å². The van der Waals surface area contributed by atoms with Gasteiger partial charge < -0.3 is 15.3 Å². The second-order valence-electron chi connectivity index (χ2n) is 55.1. The van der Waals surface area contributed by atoms with E-state index in [1.54, 1.807) is 50.2 Å². The van der Waals surface area contributed by atoms with Crippen LogP contribution >= 0.6 is 0 Å². The van der Waals surface area contributed by atoms with Crippen molar-refractivity contribution in [2.45, 2.75) is 519 Å². The number of hydrogen-bond acceptors (Lipinski definition) is 6. The van der Waals surface area contributed by atoms with Gasteiger partial charge in [0.05, 0.1) is 18.3 Å². The van der Waals surface area contributed by atoms with Crippen molar-refractivity contribution in [1.82, 2.24) is 0 Å². The van der Waals surface area contributed by atoms with Crippen LogP contribution in [0, 0.1) is 115 Å². The van der Waals surface area contributed by atoms with Gasteiger partial charge in [-0.15, -0.1) is 0 Å². The average molecular weight is 1820 g/mol. The highest BCUT2D eigenvalue weighted by Crippen LogP contribution is 2.68. The Morgan fingerprint density at radius 3 is 1.08 bits per heavy atom. The number of allylic oxidation sites excluding steroid dienone is 21. The molecule has 0 aromatic carbocycles. The predicted molar refractivity (Wildman–Crippen MR) is 565 cm³/mol. The van der Waals surface area contributed by atoms with Crippen LogP contribution in [0.1, 0.15) is 501 Å². The van der Waals surface area contributed by atoms with Gasteiger partial charge in [0.25, 0.3) is 0 Å². The molecule has 0 radical (unpaired) electrons. The van der Waals surface area contributed by atoms with Crippen molar-refractivity contribution in [2.24, 2.45) is 115 Å². The lowest BCUT2D eigenvalue weighted by molar-refractivity contribution is -0.117. The molecule has 132 heavy (non-hydrogen) atoms. The third-order valence-corrected chi connectivity index (χ3v) is 41.6. The lowest BCUT2D eigenvalue weighted by Gasteiger charge is -2.35. The molecule has 0 saturated heterocycles. The molecule has 6 nitrogen and oxygen atoms in total. The normalized spacial score (nSPS) is 35.8. The first-order chi connectivity index (χ1) is 60.6. The molecule has 0 bridgehead atoms. The summed E-state index contributed by atoms with van der Waals surface area (Å²) in [6.07, 6.45) is 55.1. The smallest absolute Gasteiger partial charge is 0.159 e. The standard InChI is InChI=1S/C14H24O.C14H22O.C14H24O.C14H22O.C14H24O.C14H22O.3C14H22/c2*1-9-13(2,3)10-7-6-8-11(15)12(10)14(9,4)5;2*1-5-14(4)9-13(2,3)12-10(14)7-6-8-11(12)15;2*1-5-14(4)9-13(2,3)10-7-6-8-11(15)12(10)14;1-10-13(2,3)11-8-6-7-9-12(11)14(10,4)5;2*1-5-14(4)10-13(2,3)11-8-6-7-9-12(11)14/h9,11,15H,6-8H2,1-5H3;9H,6-8H2,1-5H3;11,15H,5-9H2,1-4H3;5-9H2,1-4H3;11,15H,5-9H2,1-4H3;5-9H2,1-4H3;6,8,10H,7,9H2,1-5H3;7,9H,5-6,8,10H2,1-4H3;6,8H,5,7,9-10H2,1-4H3. The van der Waals surface area contributed by atoms with Crippen LogP contribution in [0.5, 0.6) is 0 Å². The summed E-state index contributed by atoms with van der Waals surface area (Å²) in [7, 11) is 0. The van der Waals surface area contributed by atoms with Crippen LogP contribution in [-0.4, -0.2) is 51.0 Å². The van der Waals surface area contributed by atoms with Crippen LogP contribution in [0.4, 0.5) is 0 Å². The van der Waals surface area contributed by atoms with Gasteiger partial charge in [-0.25, -0.2) is 0 Å². The van der Waals surface area contributed by atoms with E-state index < -0.39 is 0 Å². The van der Waals surface area contributed by atoms with Crippen molar-refractivity contribution >= 4 is 17.3 Å². The van der Waals surface area contributed by atoms with E-state index in [9.17, 15) is 29.7 Å². The van der Waals surface area contributed by atoms with Gasteiger partial charge in [-0.05, 0) is 361 Å². The topological polar surface area (TPSA) is 112 Å². The van der Waals surface area contributed by atoms with Gasteiger partial charge in [-0.3, -0.25) is 14.4 Å². The van der Waals surface area contributed by atoms with E-state index >= 15 is 0 Å². The van der Waals surface area contributed by atoms with E-state index in [4.69, 9.17) is 0 Å². The predicted octanol–water partition coefficient (Wildman–Crippen LogP) is 35.7. The zero-order chi connectivity index (χ0) is 99.3. The van der Waals surface area contributed by atoms with Crippen molar-refractivity contribution in [2.75, 3.05) is 0 Å². The maximum Gasteiger partial charge on any atom is 0.159 e. The Morgan fingerprint density at radius 2 is 0.576 bits per heavy atom. The summed E-state index contributed by atoms with van der Waals surface area (Å²) >= 11 is 0. The Labute approximate surface area is 813 Å². The lowest BCUT2D eigenvalue weighted by atomic mass is 9.69. The molecule has 18 aliphatic carbocycles. The van der Waals surface area contributed by atoms with Crippen molar-refractivity contribution < 1.29 is 29.7 Å².